The molecule has 0 N–H and O–H groups in total. The number of rotatable bonds is 4. The SMILES string of the molecule is Cc1cc(CC(=O)c2cccc(N(C)C)c2)n(C)n1. The second kappa shape index (κ2) is 5.26. The predicted octanol–water partition coefficient (Wildman–Crippen LogP) is 2.22. The van der Waals surface area contributed by atoms with Gasteiger partial charge in [-0.05, 0) is 25.1 Å². The first kappa shape index (κ1) is 13.3. The molecule has 0 aliphatic carbocycles. The number of benzene rings is 1. The third-order valence-corrected chi connectivity index (χ3v) is 3.13. The van der Waals surface area contributed by atoms with Gasteiger partial charge in [0, 0.05) is 38.1 Å². The number of carbonyl (C=O) groups is 1. The summed E-state index contributed by atoms with van der Waals surface area (Å²) < 4.78 is 1.77. The van der Waals surface area contributed by atoms with E-state index in [2.05, 4.69) is 5.10 Å². The Balaban J connectivity index is 2.20. The van der Waals surface area contributed by atoms with Crippen molar-refractivity contribution in [1.82, 2.24) is 9.78 Å². The maximum atomic E-state index is 12.3. The summed E-state index contributed by atoms with van der Waals surface area (Å²) in [6, 6.07) is 9.64. The average Bonchev–Trinajstić information content (AvgIpc) is 2.68. The van der Waals surface area contributed by atoms with Gasteiger partial charge in [-0.25, -0.2) is 0 Å². The van der Waals surface area contributed by atoms with Gasteiger partial charge in [0.1, 0.15) is 0 Å². The molecule has 1 heterocycles. The fourth-order valence-corrected chi connectivity index (χ4v) is 2.05. The molecule has 1 aromatic carbocycles. The minimum atomic E-state index is 0.117. The van der Waals surface area contributed by atoms with Crippen LogP contribution in [0.5, 0.6) is 0 Å². The zero-order chi connectivity index (χ0) is 14.0. The molecule has 0 fully saturated rings. The van der Waals surface area contributed by atoms with Crippen LogP contribution in [0.4, 0.5) is 5.69 Å². The molecule has 0 spiro atoms. The summed E-state index contributed by atoms with van der Waals surface area (Å²) in [5, 5.41) is 4.26. The molecule has 0 bridgehead atoms. The van der Waals surface area contributed by atoms with Crippen LogP contribution in [-0.2, 0) is 13.5 Å². The lowest BCUT2D eigenvalue weighted by atomic mass is 10.1. The minimum Gasteiger partial charge on any atom is -0.378 e. The topological polar surface area (TPSA) is 38.1 Å². The van der Waals surface area contributed by atoms with Crippen LogP contribution >= 0.6 is 0 Å². The van der Waals surface area contributed by atoms with Crippen molar-refractivity contribution in [2.24, 2.45) is 7.05 Å². The van der Waals surface area contributed by atoms with Crippen molar-refractivity contribution in [2.75, 3.05) is 19.0 Å². The van der Waals surface area contributed by atoms with E-state index in [1.54, 1.807) is 4.68 Å². The third kappa shape index (κ3) is 3.02. The Morgan fingerprint density at radius 3 is 2.63 bits per heavy atom. The van der Waals surface area contributed by atoms with E-state index in [1.165, 1.54) is 0 Å². The van der Waals surface area contributed by atoms with E-state index in [4.69, 9.17) is 0 Å². The minimum absolute atomic E-state index is 0.117. The first-order chi connectivity index (χ1) is 8.97. The Morgan fingerprint density at radius 2 is 2.05 bits per heavy atom. The number of aromatic nitrogens is 2. The lowest BCUT2D eigenvalue weighted by Gasteiger charge is -2.13. The molecule has 0 aliphatic heterocycles. The maximum Gasteiger partial charge on any atom is 0.168 e. The van der Waals surface area contributed by atoms with Crippen LogP contribution in [-0.4, -0.2) is 29.7 Å². The van der Waals surface area contributed by atoms with Gasteiger partial charge in [-0.2, -0.15) is 5.10 Å². The van der Waals surface area contributed by atoms with Gasteiger partial charge in [0.05, 0.1) is 12.1 Å². The number of carbonyl (C=O) groups excluding carboxylic acids is 1. The van der Waals surface area contributed by atoms with Crippen LogP contribution in [0.3, 0.4) is 0 Å². The normalized spacial score (nSPS) is 10.5. The second-order valence-electron chi connectivity index (χ2n) is 4.95. The van der Waals surface area contributed by atoms with Crippen LogP contribution in [0.1, 0.15) is 21.7 Å². The fraction of sp³-hybridized carbons (Fsp3) is 0.333. The highest BCUT2D eigenvalue weighted by Gasteiger charge is 2.11. The van der Waals surface area contributed by atoms with Crippen LogP contribution < -0.4 is 4.90 Å². The van der Waals surface area contributed by atoms with Crippen LogP contribution in [0.2, 0.25) is 0 Å². The predicted molar refractivity (Wildman–Crippen MR) is 76.7 cm³/mol. The zero-order valence-corrected chi connectivity index (χ0v) is 11.8. The number of nitrogens with zero attached hydrogens (tertiary/aromatic N) is 3. The first-order valence-corrected chi connectivity index (χ1v) is 6.27. The largest absolute Gasteiger partial charge is 0.378 e. The van der Waals surface area contributed by atoms with Gasteiger partial charge < -0.3 is 4.90 Å². The van der Waals surface area contributed by atoms with Crippen molar-refractivity contribution in [2.45, 2.75) is 13.3 Å². The fourth-order valence-electron chi connectivity index (χ4n) is 2.05. The molecule has 0 amide bonds. The van der Waals surface area contributed by atoms with E-state index < -0.39 is 0 Å². The summed E-state index contributed by atoms with van der Waals surface area (Å²) in [7, 11) is 5.80. The van der Waals surface area contributed by atoms with Crippen molar-refractivity contribution < 1.29 is 4.79 Å². The molecule has 4 nitrogen and oxygen atoms in total. The highest BCUT2D eigenvalue weighted by molar-refractivity contribution is 5.98. The van der Waals surface area contributed by atoms with Crippen LogP contribution in [0, 0.1) is 6.92 Å². The van der Waals surface area contributed by atoms with Gasteiger partial charge >= 0.3 is 0 Å². The molecule has 0 saturated carbocycles. The molecule has 0 aliphatic rings. The quantitative estimate of drug-likeness (QED) is 0.788. The highest BCUT2D eigenvalue weighted by Crippen LogP contribution is 2.15. The molecular weight excluding hydrogens is 238 g/mol. The number of Topliss-reactive ketones (excluding diaryl/α,β-unsaturated/α-hetero) is 1. The zero-order valence-electron chi connectivity index (χ0n) is 11.8. The van der Waals surface area contributed by atoms with Crippen molar-refractivity contribution >= 4 is 11.5 Å². The number of ketones is 1. The Hall–Kier alpha value is -2.10. The second-order valence-corrected chi connectivity index (χ2v) is 4.95. The van der Waals surface area contributed by atoms with E-state index in [9.17, 15) is 4.79 Å². The summed E-state index contributed by atoms with van der Waals surface area (Å²) in [5.41, 5.74) is 3.65. The maximum absolute atomic E-state index is 12.3. The summed E-state index contributed by atoms with van der Waals surface area (Å²) in [6.07, 6.45) is 0.383. The van der Waals surface area contributed by atoms with Crippen molar-refractivity contribution in [3.05, 3.63) is 47.3 Å². The van der Waals surface area contributed by atoms with Gasteiger partial charge in [-0.15, -0.1) is 0 Å². The Kier molecular flexibility index (Phi) is 3.69. The molecule has 19 heavy (non-hydrogen) atoms. The van der Waals surface area contributed by atoms with Crippen molar-refractivity contribution in [3.8, 4) is 0 Å². The highest BCUT2D eigenvalue weighted by atomic mass is 16.1. The van der Waals surface area contributed by atoms with E-state index in [0.29, 0.717) is 6.42 Å². The first-order valence-electron chi connectivity index (χ1n) is 6.27. The standard InChI is InChI=1S/C15H19N3O/c1-11-8-14(18(4)16-11)10-15(19)12-6-5-7-13(9-12)17(2)3/h5-9H,10H2,1-4H3. The van der Waals surface area contributed by atoms with Crippen molar-refractivity contribution in [1.29, 1.82) is 0 Å². The van der Waals surface area contributed by atoms with E-state index in [-0.39, 0.29) is 5.78 Å². The lowest BCUT2D eigenvalue weighted by Crippen LogP contribution is -2.11. The van der Waals surface area contributed by atoms with E-state index in [0.717, 1.165) is 22.6 Å². The molecule has 1 aromatic heterocycles. The Morgan fingerprint density at radius 1 is 1.32 bits per heavy atom. The number of hydrogen-bond acceptors (Lipinski definition) is 3. The molecule has 0 saturated heterocycles. The summed E-state index contributed by atoms with van der Waals surface area (Å²) >= 11 is 0. The van der Waals surface area contributed by atoms with Crippen molar-refractivity contribution in [3.63, 3.8) is 0 Å². The molecular formula is C15H19N3O. The average molecular weight is 257 g/mol. The lowest BCUT2D eigenvalue weighted by molar-refractivity contribution is 0.0991. The molecule has 100 valence electrons. The summed E-state index contributed by atoms with van der Waals surface area (Å²) in [4.78, 5) is 14.3. The number of aryl methyl sites for hydroxylation is 2. The Labute approximate surface area is 113 Å². The van der Waals surface area contributed by atoms with Gasteiger partial charge in [-0.3, -0.25) is 9.48 Å². The molecule has 2 aromatic rings. The molecule has 4 heteroatoms. The molecule has 0 unspecified atom stereocenters. The molecule has 2 rings (SSSR count). The van der Waals surface area contributed by atoms with Gasteiger partial charge in [0.25, 0.3) is 0 Å². The summed E-state index contributed by atoms with van der Waals surface area (Å²) in [5.74, 6) is 0.117. The van der Waals surface area contributed by atoms with Crippen LogP contribution in [0.15, 0.2) is 30.3 Å². The Bertz CT molecular complexity index is 599. The van der Waals surface area contributed by atoms with Gasteiger partial charge in [0.15, 0.2) is 5.78 Å². The monoisotopic (exact) mass is 257 g/mol. The molecule has 0 atom stereocenters. The number of anilines is 1. The van der Waals surface area contributed by atoms with E-state index >= 15 is 0 Å². The summed E-state index contributed by atoms with van der Waals surface area (Å²) in [6.45, 7) is 1.93. The smallest absolute Gasteiger partial charge is 0.168 e. The molecule has 0 radical (unpaired) electrons. The van der Waals surface area contributed by atoms with Gasteiger partial charge in [-0.1, -0.05) is 12.1 Å². The van der Waals surface area contributed by atoms with E-state index in [1.807, 2.05) is 63.3 Å². The van der Waals surface area contributed by atoms with Crippen LogP contribution in [0.25, 0.3) is 0 Å². The third-order valence-electron chi connectivity index (χ3n) is 3.13. The number of hydrogen-bond donors (Lipinski definition) is 0. The van der Waals surface area contributed by atoms with Gasteiger partial charge in [0.2, 0.25) is 0 Å².